The van der Waals surface area contributed by atoms with Crippen LogP contribution in [0.1, 0.15) is 0 Å². The van der Waals surface area contributed by atoms with Crippen molar-refractivity contribution in [1.29, 1.82) is 0 Å². The van der Waals surface area contributed by atoms with Crippen molar-refractivity contribution in [3.05, 3.63) is 12.8 Å². The maximum Gasteiger partial charge on any atom is 0.126 e. The van der Waals surface area contributed by atoms with E-state index in [2.05, 4.69) is 12.3 Å². The van der Waals surface area contributed by atoms with Crippen LogP contribution < -0.4 is 5.73 Å². The van der Waals surface area contributed by atoms with Crippen LogP contribution in [0.5, 0.6) is 0 Å². The lowest BCUT2D eigenvalue weighted by Gasteiger charge is -2.06. The standard InChI is InChI=1S/C7H15NO3/c1-2-10-3-4-11-6-7(9)5-8/h2,7,9H,1,3-6,8H2/p+1/t7-/m1/s1. The van der Waals surface area contributed by atoms with Crippen molar-refractivity contribution in [3.8, 4) is 0 Å². The minimum Gasteiger partial charge on any atom is -0.499 e. The molecule has 0 rings (SSSR count). The Labute approximate surface area is 66.6 Å². The van der Waals surface area contributed by atoms with Gasteiger partial charge in [-0.05, 0) is 0 Å². The zero-order valence-electron chi connectivity index (χ0n) is 6.66. The summed E-state index contributed by atoms with van der Waals surface area (Å²) < 4.78 is 9.82. The van der Waals surface area contributed by atoms with Crippen molar-refractivity contribution in [1.82, 2.24) is 0 Å². The molecule has 0 heterocycles. The Morgan fingerprint density at radius 2 is 2.27 bits per heavy atom. The summed E-state index contributed by atoms with van der Waals surface area (Å²) in [6.45, 7) is 5.13. The Hall–Kier alpha value is -0.580. The molecule has 0 saturated carbocycles. The quantitative estimate of drug-likeness (QED) is 0.364. The first kappa shape index (κ1) is 10.4. The van der Waals surface area contributed by atoms with Gasteiger partial charge in [0, 0.05) is 0 Å². The van der Waals surface area contributed by atoms with Crippen LogP contribution in [0.3, 0.4) is 0 Å². The van der Waals surface area contributed by atoms with E-state index >= 15 is 0 Å². The van der Waals surface area contributed by atoms with Gasteiger partial charge in [0.25, 0.3) is 0 Å². The van der Waals surface area contributed by atoms with Gasteiger partial charge in [0.15, 0.2) is 0 Å². The SMILES string of the molecule is C=COCCOC[C@H](O)C[NH3+]. The lowest BCUT2D eigenvalue weighted by Crippen LogP contribution is -2.56. The topological polar surface area (TPSA) is 66.3 Å². The molecule has 0 aromatic rings. The normalized spacial score (nSPS) is 12.5. The lowest BCUT2D eigenvalue weighted by molar-refractivity contribution is -0.385. The Balaban J connectivity index is 2.95. The Kier molecular flexibility index (Phi) is 7.13. The third kappa shape index (κ3) is 7.32. The van der Waals surface area contributed by atoms with Crippen molar-refractivity contribution in [2.75, 3.05) is 26.4 Å². The number of hydrogen-bond acceptors (Lipinski definition) is 3. The van der Waals surface area contributed by atoms with Crippen LogP contribution in [0, 0.1) is 0 Å². The van der Waals surface area contributed by atoms with Crippen molar-refractivity contribution >= 4 is 0 Å². The van der Waals surface area contributed by atoms with Crippen molar-refractivity contribution in [3.63, 3.8) is 0 Å². The van der Waals surface area contributed by atoms with Crippen LogP contribution in [0.2, 0.25) is 0 Å². The number of rotatable bonds is 7. The summed E-state index contributed by atoms with van der Waals surface area (Å²) in [7, 11) is 0. The molecule has 4 nitrogen and oxygen atoms in total. The first-order valence-electron chi connectivity index (χ1n) is 3.58. The van der Waals surface area contributed by atoms with Crippen LogP contribution in [-0.2, 0) is 9.47 Å². The molecule has 0 fully saturated rings. The van der Waals surface area contributed by atoms with Gasteiger partial charge in [-0.3, -0.25) is 0 Å². The molecule has 4 heteroatoms. The van der Waals surface area contributed by atoms with Crippen LogP contribution in [0.4, 0.5) is 0 Å². The third-order valence-electron chi connectivity index (χ3n) is 1.11. The summed E-state index contributed by atoms with van der Waals surface area (Å²) in [5.74, 6) is 0. The molecular weight excluding hydrogens is 146 g/mol. The van der Waals surface area contributed by atoms with E-state index in [0.29, 0.717) is 26.4 Å². The maximum absolute atomic E-state index is 8.97. The summed E-state index contributed by atoms with van der Waals surface area (Å²) in [5, 5.41) is 8.97. The molecule has 0 radical (unpaired) electrons. The fourth-order valence-electron chi connectivity index (χ4n) is 0.493. The molecule has 0 bridgehead atoms. The van der Waals surface area contributed by atoms with Gasteiger partial charge < -0.3 is 20.3 Å². The average Bonchev–Trinajstić information content (AvgIpc) is 2.04. The molecule has 1 atom stereocenters. The first-order chi connectivity index (χ1) is 5.31. The highest BCUT2D eigenvalue weighted by molar-refractivity contribution is 4.50. The monoisotopic (exact) mass is 162 g/mol. The molecule has 0 aliphatic rings. The van der Waals surface area contributed by atoms with Gasteiger partial charge in [-0.1, -0.05) is 6.58 Å². The van der Waals surface area contributed by atoms with E-state index in [1.807, 2.05) is 0 Å². The second-order valence-corrected chi connectivity index (χ2v) is 2.05. The first-order valence-corrected chi connectivity index (χ1v) is 3.58. The smallest absolute Gasteiger partial charge is 0.126 e. The highest BCUT2D eigenvalue weighted by Crippen LogP contribution is 1.82. The fraction of sp³-hybridized carbons (Fsp3) is 0.714. The van der Waals surface area contributed by atoms with E-state index in [1.165, 1.54) is 6.26 Å². The second kappa shape index (κ2) is 7.53. The summed E-state index contributed by atoms with van der Waals surface area (Å²) in [5.41, 5.74) is 3.52. The highest BCUT2D eigenvalue weighted by atomic mass is 16.5. The van der Waals surface area contributed by atoms with E-state index in [1.54, 1.807) is 0 Å². The summed E-state index contributed by atoms with van der Waals surface area (Å²) in [6, 6.07) is 0. The summed E-state index contributed by atoms with van der Waals surface area (Å²) >= 11 is 0. The van der Waals surface area contributed by atoms with Crippen LogP contribution >= 0.6 is 0 Å². The predicted molar refractivity (Wildman–Crippen MR) is 40.7 cm³/mol. The van der Waals surface area contributed by atoms with E-state index in [0.717, 1.165) is 0 Å². The van der Waals surface area contributed by atoms with E-state index in [9.17, 15) is 0 Å². The molecule has 66 valence electrons. The molecule has 0 spiro atoms. The predicted octanol–water partition coefficient (Wildman–Crippen LogP) is -1.23. The number of aliphatic hydroxyl groups excluding tert-OH is 1. The summed E-state index contributed by atoms with van der Waals surface area (Å²) in [6.07, 6.45) is 0.903. The number of hydrogen-bond donors (Lipinski definition) is 2. The van der Waals surface area contributed by atoms with Crippen LogP contribution in [0.25, 0.3) is 0 Å². The molecule has 0 aromatic heterocycles. The minimum atomic E-state index is -0.460. The zero-order chi connectivity index (χ0) is 8.53. The van der Waals surface area contributed by atoms with Gasteiger partial charge in [-0.15, -0.1) is 0 Å². The van der Waals surface area contributed by atoms with Gasteiger partial charge >= 0.3 is 0 Å². The van der Waals surface area contributed by atoms with Crippen molar-refractivity contribution < 1.29 is 20.3 Å². The number of ether oxygens (including phenoxy) is 2. The third-order valence-corrected chi connectivity index (χ3v) is 1.11. The Morgan fingerprint density at radius 3 is 2.82 bits per heavy atom. The van der Waals surface area contributed by atoms with Gasteiger partial charge in [0.2, 0.25) is 0 Å². The van der Waals surface area contributed by atoms with Gasteiger partial charge in [-0.2, -0.15) is 0 Å². The minimum absolute atomic E-state index is 0.323. The highest BCUT2D eigenvalue weighted by Gasteiger charge is 2.01. The molecule has 0 unspecified atom stereocenters. The summed E-state index contributed by atoms with van der Waals surface area (Å²) in [4.78, 5) is 0. The molecule has 0 saturated heterocycles. The zero-order valence-corrected chi connectivity index (χ0v) is 6.66. The molecular formula is C7H16NO3+. The van der Waals surface area contributed by atoms with E-state index in [-0.39, 0.29) is 0 Å². The van der Waals surface area contributed by atoms with E-state index in [4.69, 9.17) is 14.6 Å². The molecule has 11 heavy (non-hydrogen) atoms. The van der Waals surface area contributed by atoms with Gasteiger partial charge in [-0.25, -0.2) is 0 Å². The number of quaternary nitrogens is 1. The lowest BCUT2D eigenvalue weighted by atomic mass is 10.4. The van der Waals surface area contributed by atoms with Gasteiger partial charge in [0.1, 0.15) is 19.3 Å². The van der Waals surface area contributed by atoms with Crippen LogP contribution in [0.15, 0.2) is 12.8 Å². The van der Waals surface area contributed by atoms with Crippen LogP contribution in [-0.4, -0.2) is 37.6 Å². The maximum atomic E-state index is 8.97. The fourth-order valence-corrected chi connectivity index (χ4v) is 0.493. The average molecular weight is 162 g/mol. The second-order valence-electron chi connectivity index (χ2n) is 2.05. The Bertz CT molecular complexity index is 97.7. The van der Waals surface area contributed by atoms with Crippen molar-refractivity contribution in [2.45, 2.75) is 6.10 Å². The van der Waals surface area contributed by atoms with Crippen molar-refractivity contribution in [2.24, 2.45) is 0 Å². The molecule has 0 amide bonds. The molecule has 4 N–H and O–H groups in total. The van der Waals surface area contributed by atoms with Gasteiger partial charge in [0.05, 0.1) is 19.5 Å². The Morgan fingerprint density at radius 1 is 1.55 bits per heavy atom. The molecule has 0 aliphatic carbocycles. The number of aliphatic hydroxyl groups is 1. The molecule has 0 aliphatic heterocycles. The largest absolute Gasteiger partial charge is 0.499 e. The molecule has 0 aromatic carbocycles. The van der Waals surface area contributed by atoms with E-state index < -0.39 is 6.10 Å².